The van der Waals surface area contributed by atoms with Crippen molar-refractivity contribution in [1.29, 1.82) is 0 Å². The molecule has 5 aromatic rings. The van der Waals surface area contributed by atoms with E-state index in [0.717, 1.165) is 27.1 Å². The molecule has 0 saturated heterocycles. The number of rotatable bonds is 3. The van der Waals surface area contributed by atoms with Crippen LogP contribution in [0.25, 0.3) is 32.7 Å². The Labute approximate surface area is 162 Å². The first-order valence-corrected chi connectivity index (χ1v) is 10.4. The van der Waals surface area contributed by atoms with E-state index in [-0.39, 0.29) is 4.90 Å². The normalized spacial score (nSPS) is 12.0. The highest BCUT2D eigenvalue weighted by Gasteiger charge is 2.22. The Morgan fingerprint density at radius 3 is 2.29 bits per heavy atom. The van der Waals surface area contributed by atoms with E-state index >= 15 is 0 Å². The molecule has 5 heteroatoms. The Bertz CT molecular complexity index is 1450. The van der Waals surface area contributed by atoms with Crippen LogP contribution in [-0.4, -0.2) is 15.5 Å². The molecular weight excluding hydrogens is 370 g/mol. The van der Waals surface area contributed by atoms with Gasteiger partial charge in [0.15, 0.2) is 0 Å². The summed E-state index contributed by atoms with van der Waals surface area (Å²) in [5.41, 5.74) is 2.01. The molecule has 0 fully saturated rings. The van der Waals surface area contributed by atoms with Gasteiger partial charge in [-0.3, -0.25) is 4.31 Å². The first-order valence-electron chi connectivity index (χ1n) is 8.93. The van der Waals surface area contributed by atoms with Gasteiger partial charge in [-0.05, 0) is 41.1 Å². The lowest BCUT2D eigenvalue weighted by Crippen LogP contribution is -2.26. The monoisotopic (exact) mass is 387 g/mol. The second-order valence-electron chi connectivity index (χ2n) is 6.76. The van der Waals surface area contributed by atoms with Gasteiger partial charge < -0.3 is 4.42 Å². The molecule has 4 aromatic carbocycles. The summed E-state index contributed by atoms with van der Waals surface area (Å²) < 4.78 is 33.6. The van der Waals surface area contributed by atoms with Crippen LogP contribution < -0.4 is 4.31 Å². The minimum Gasteiger partial charge on any atom is -0.456 e. The van der Waals surface area contributed by atoms with Crippen molar-refractivity contribution in [2.45, 2.75) is 4.90 Å². The zero-order valence-electron chi connectivity index (χ0n) is 15.2. The zero-order valence-corrected chi connectivity index (χ0v) is 16.0. The third-order valence-electron chi connectivity index (χ3n) is 5.11. The SMILES string of the molecule is CN(c1ccc2c(c1)oc1ccccc12)S(=O)(=O)c1ccc2ccccc2c1. The van der Waals surface area contributed by atoms with Crippen LogP contribution in [0.2, 0.25) is 0 Å². The number of anilines is 1. The molecular formula is C23H17NO3S. The van der Waals surface area contributed by atoms with Crippen molar-refractivity contribution in [3.63, 3.8) is 0 Å². The van der Waals surface area contributed by atoms with Gasteiger partial charge in [-0.2, -0.15) is 0 Å². The summed E-state index contributed by atoms with van der Waals surface area (Å²) in [6.45, 7) is 0. The predicted octanol–water partition coefficient (Wildman–Crippen LogP) is 5.56. The Morgan fingerprint density at radius 2 is 1.43 bits per heavy atom. The summed E-state index contributed by atoms with van der Waals surface area (Å²) in [5.74, 6) is 0. The van der Waals surface area contributed by atoms with E-state index in [1.807, 2.05) is 66.7 Å². The molecule has 0 N–H and O–H groups in total. The van der Waals surface area contributed by atoms with Crippen molar-refractivity contribution >= 4 is 48.4 Å². The van der Waals surface area contributed by atoms with E-state index in [0.29, 0.717) is 11.3 Å². The highest BCUT2D eigenvalue weighted by Crippen LogP contribution is 2.33. The molecule has 1 heterocycles. The average Bonchev–Trinajstić information content (AvgIpc) is 3.10. The number of benzene rings is 4. The fourth-order valence-corrected chi connectivity index (χ4v) is 4.76. The third kappa shape index (κ3) is 2.55. The van der Waals surface area contributed by atoms with Crippen LogP contribution in [0.1, 0.15) is 0 Å². The van der Waals surface area contributed by atoms with Gasteiger partial charge in [-0.25, -0.2) is 8.42 Å². The highest BCUT2D eigenvalue weighted by molar-refractivity contribution is 7.92. The van der Waals surface area contributed by atoms with Gasteiger partial charge >= 0.3 is 0 Å². The number of nitrogens with zero attached hydrogens (tertiary/aromatic N) is 1. The standard InChI is InChI=1S/C23H17NO3S/c1-24(28(25,26)19-12-10-16-6-2-3-7-17(16)14-19)18-11-13-21-20-8-4-5-9-22(20)27-23(21)15-18/h2-15H,1H3. The van der Waals surface area contributed by atoms with Gasteiger partial charge in [0, 0.05) is 23.9 Å². The van der Waals surface area contributed by atoms with Crippen molar-refractivity contribution in [1.82, 2.24) is 0 Å². The molecule has 0 atom stereocenters. The van der Waals surface area contributed by atoms with Crippen LogP contribution in [-0.2, 0) is 10.0 Å². The van der Waals surface area contributed by atoms with Gasteiger partial charge in [-0.1, -0.05) is 48.5 Å². The lowest BCUT2D eigenvalue weighted by atomic mass is 10.1. The van der Waals surface area contributed by atoms with Crippen molar-refractivity contribution in [2.75, 3.05) is 11.4 Å². The topological polar surface area (TPSA) is 50.5 Å². The molecule has 28 heavy (non-hydrogen) atoms. The molecule has 5 rings (SSSR count). The van der Waals surface area contributed by atoms with Crippen molar-refractivity contribution in [2.24, 2.45) is 0 Å². The summed E-state index contributed by atoms with van der Waals surface area (Å²) in [5, 5.41) is 3.89. The van der Waals surface area contributed by atoms with E-state index < -0.39 is 10.0 Å². The van der Waals surface area contributed by atoms with Gasteiger partial charge in [0.25, 0.3) is 10.0 Å². The molecule has 138 valence electrons. The molecule has 1 aromatic heterocycles. The molecule has 0 aliphatic rings. The highest BCUT2D eigenvalue weighted by atomic mass is 32.2. The lowest BCUT2D eigenvalue weighted by molar-refractivity contribution is 0.594. The summed E-state index contributed by atoms with van der Waals surface area (Å²) in [6.07, 6.45) is 0. The number of sulfonamides is 1. The smallest absolute Gasteiger partial charge is 0.264 e. The van der Waals surface area contributed by atoms with Crippen molar-refractivity contribution < 1.29 is 12.8 Å². The number of hydrogen-bond donors (Lipinski definition) is 0. The first-order chi connectivity index (χ1) is 13.5. The van der Waals surface area contributed by atoms with Crippen LogP contribution in [0.3, 0.4) is 0 Å². The maximum atomic E-state index is 13.2. The van der Waals surface area contributed by atoms with Crippen LogP contribution in [0, 0.1) is 0 Å². The molecule has 0 radical (unpaired) electrons. The molecule has 0 spiro atoms. The van der Waals surface area contributed by atoms with E-state index in [4.69, 9.17) is 4.42 Å². The maximum Gasteiger partial charge on any atom is 0.264 e. The second kappa shape index (κ2) is 6.11. The third-order valence-corrected chi connectivity index (χ3v) is 6.89. The van der Waals surface area contributed by atoms with Crippen molar-refractivity contribution in [3.05, 3.63) is 84.9 Å². The van der Waals surface area contributed by atoms with Crippen LogP contribution in [0.15, 0.2) is 94.2 Å². The second-order valence-corrected chi connectivity index (χ2v) is 8.73. The molecule has 0 saturated carbocycles. The lowest BCUT2D eigenvalue weighted by Gasteiger charge is -2.19. The fourth-order valence-electron chi connectivity index (χ4n) is 3.54. The Morgan fingerprint density at radius 1 is 0.714 bits per heavy atom. The van der Waals surface area contributed by atoms with Crippen LogP contribution >= 0.6 is 0 Å². The summed E-state index contributed by atoms with van der Waals surface area (Å²) >= 11 is 0. The predicted molar refractivity (Wildman–Crippen MR) is 113 cm³/mol. The molecule has 0 aliphatic heterocycles. The Kier molecular flexibility index (Phi) is 3.67. The van der Waals surface area contributed by atoms with Crippen LogP contribution in [0.4, 0.5) is 5.69 Å². The molecule has 0 bridgehead atoms. The first kappa shape index (κ1) is 16.8. The average molecular weight is 387 g/mol. The summed E-state index contributed by atoms with van der Waals surface area (Å²) in [7, 11) is -2.13. The molecule has 0 unspecified atom stereocenters. The number of hydrogen-bond acceptors (Lipinski definition) is 3. The fraction of sp³-hybridized carbons (Fsp3) is 0.0435. The van der Waals surface area contributed by atoms with E-state index in [9.17, 15) is 8.42 Å². The number of fused-ring (bicyclic) bond motifs is 4. The van der Waals surface area contributed by atoms with Crippen molar-refractivity contribution in [3.8, 4) is 0 Å². The molecule has 0 aliphatic carbocycles. The molecule has 4 nitrogen and oxygen atoms in total. The number of furan rings is 1. The van der Waals surface area contributed by atoms with Gasteiger partial charge in [0.1, 0.15) is 11.2 Å². The quantitative estimate of drug-likeness (QED) is 0.407. The van der Waals surface area contributed by atoms with E-state index in [1.165, 1.54) is 4.31 Å². The minimum absolute atomic E-state index is 0.262. The maximum absolute atomic E-state index is 13.2. The zero-order chi connectivity index (χ0) is 19.3. The number of para-hydroxylation sites is 1. The Balaban J connectivity index is 1.60. The van der Waals surface area contributed by atoms with Gasteiger partial charge in [0.2, 0.25) is 0 Å². The minimum atomic E-state index is -3.69. The Hall–Kier alpha value is -3.31. The van der Waals surface area contributed by atoms with E-state index in [2.05, 4.69) is 0 Å². The molecule has 0 amide bonds. The van der Waals surface area contributed by atoms with Crippen LogP contribution in [0.5, 0.6) is 0 Å². The summed E-state index contributed by atoms with van der Waals surface area (Å²) in [4.78, 5) is 0.262. The van der Waals surface area contributed by atoms with Gasteiger partial charge in [0.05, 0.1) is 10.6 Å². The largest absolute Gasteiger partial charge is 0.456 e. The summed E-state index contributed by atoms with van der Waals surface area (Å²) in [6, 6.07) is 26.2. The van der Waals surface area contributed by atoms with Gasteiger partial charge in [-0.15, -0.1) is 0 Å². The van der Waals surface area contributed by atoms with E-state index in [1.54, 1.807) is 25.2 Å².